The number of carbonyl (C=O) groups is 2. The number of ketones is 1. The Bertz CT molecular complexity index is 963. The van der Waals surface area contributed by atoms with Gasteiger partial charge in [0.05, 0.1) is 7.11 Å². The van der Waals surface area contributed by atoms with E-state index < -0.39 is 19.2 Å². The van der Waals surface area contributed by atoms with Crippen molar-refractivity contribution >= 4 is 17.8 Å². The number of carbonyl (C=O) groups excluding carboxylic acids is 2. The molecule has 6 nitrogen and oxygen atoms in total. The van der Waals surface area contributed by atoms with E-state index >= 15 is 0 Å². The number of aryl methyl sites for hydroxylation is 1. The molecule has 0 aliphatic heterocycles. The van der Waals surface area contributed by atoms with Gasteiger partial charge in [-0.15, -0.1) is 6.58 Å². The molecule has 0 aliphatic rings. The lowest BCUT2D eigenvalue weighted by atomic mass is 10.1. The fourth-order valence-corrected chi connectivity index (χ4v) is 2.95. The van der Waals surface area contributed by atoms with Crippen LogP contribution in [0.5, 0.6) is 11.5 Å². The first-order valence-electron chi connectivity index (χ1n) is 9.06. The molecule has 8 heteroatoms. The summed E-state index contributed by atoms with van der Waals surface area (Å²) >= 11 is 0. The van der Waals surface area contributed by atoms with Gasteiger partial charge in [-0.1, -0.05) is 18.2 Å². The number of hydrogen-bond acceptors (Lipinski definition) is 5. The summed E-state index contributed by atoms with van der Waals surface area (Å²) in [6.07, 6.45) is 4.01. The Balaban J connectivity index is 2.06. The van der Waals surface area contributed by atoms with Gasteiger partial charge in [-0.25, -0.2) is 4.79 Å². The van der Waals surface area contributed by atoms with Crippen LogP contribution in [-0.4, -0.2) is 36.6 Å². The molecule has 2 rings (SSSR count). The number of para-hydroxylation sites is 1. The minimum Gasteiger partial charge on any atom is -0.493 e. The molecule has 0 aliphatic carbocycles. The van der Waals surface area contributed by atoms with Gasteiger partial charge in [0, 0.05) is 35.1 Å². The zero-order chi connectivity index (χ0) is 22.3. The van der Waals surface area contributed by atoms with Crippen LogP contribution in [-0.2, 0) is 16.1 Å². The van der Waals surface area contributed by atoms with E-state index in [-0.39, 0.29) is 22.8 Å². The lowest BCUT2D eigenvalue weighted by Crippen LogP contribution is -2.13. The Kier molecular flexibility index (Phi) is 7.91. The topological polar surface area (TPSA) is 66.8 Å². The third-order valence-corrected chi connectivity index (χ3v) is 4.37. The minimum atomic E-state index is -3.06. The summed E-state index contributed by atoms with van der Waals surface area (Å²) < 4.78 is 41.7. The van der Waals surface area contributed by atoms with Crippen molar-refractivity contribution < 1.29 is 32.6 Å². The Labute approximate surface area is 173 Å². The van der Waals surface area contributed by atoms with Crippen LogP contribution in [0.2, 0.25) is 0 Å². The summed E-state index contributed by atoms with van der Waals surface area (Å²) in [6.45, 7) is 4.43. The van der Waals surface area contributed by atoms with E-state index in [4.69, 9.17) is 9.47 Å². The van der Waals surface area contributed by atoms with Crippen molar-refractivity contribution in [3.05, 3.63) is 65.5 Å². The van der Waals surface area contributed by atoms with E-state index in [9.17, 15) is 18.4 Å². The van der Waals surface area contributed by atoms with Crippen LogP contribution >= 0.6 is 0 Å². The largest absolute Gasteiger partial charge is 0.493 e. The van der Waals surface area contributed by atoms with E-state index in [1.807, 2.05) is 11.5 Å². The zero-order valence-corrected chi connectivity index (χ0v) is 17.0. The summed E-state index contributed by atoms with van der Waals surface area (Å²) in [5, 5.41) is 0. The van der Waals surface area contributed by atoms with E-state index in [0.717, 1.165) is 17.5 Å². The maximum Gasteiger partial charge on any atom is 0.387 e. The number of Topliss-reactive ketones (excluding diaryl/α,β-unsaturated/α-hetero) is 1. The van der Waals surface area contributed by atoms with Crippen LogP contribution in [0.1, 0.15) is 27.3 Å². The van der Waals surface area contributed by atoms with Crippen molar-refractivity contribution in [2.75, 3.05) is 13.7 Å². The molecule has 2 aromatic rings. The predicted octanol–water partition coefficient (Wildman–Crippen LogP) is 4.34. The summed E-state index contributed by atoms with van der Waals surface area (Å²) in [7, 11) is 1.31. The van der Waals surface area contributed by atoms with Crippen molar-refractivity contribution in [3.8, 4) is 11.5 Å². The highest BCUT2D eigenvalue weighted by molar-refractivity contribution is 6.00. The molecule has 0 amide bonds. The molecule has 0 saturated carbocycles. The number of rotatable bonds is 10. The number of methoxy groups -OCH3 is 1. The van der Waals surface area contributed by atoms with Crippen LogP contribution in [0, 0.1) is 13.8 Å². The first kappa shape index (κ1) is 22.9. The molecule has 0 N–H and O–H groups in total. The van der Waals surface area contributed by atoms with Crippen LogP contribution in [0.4, 0.5) is 8.78 Å². The van der Waals surface area contributed by atoms with Crippen LogP contribution in [0.3, 0.4) is 0 Å². The highest BCUT2D eigenvalue weighted by Crippen LogP contribution is 2.33. The van der Waals surface area contributed by atoms with Gasteiger partial charge < -0.3 is 18.8 Å². The summed E-state index contributed by atoms with van der Waals surface area (Å²) in [5.41, 5.74) is 2.32. The number of ether oxygens (including phenoxy) is 3. The number of esters is 1. The third kappa shape index (κ3) is 5.56. The zero-order valence-electron chi connectivity index (χ0n) is 17.0. The van der Waals surface area contributed by atoms with Crippen molar-refractivity contribution in [2.24, 2.45) is 0 Å². The van der Waals surface area contributed by atoms with Gasteiger partial charge in [-0.2, -0.15) is 8.78 Å². The molecule has 0 fully saturated rings. The Hall–Kier alpha value is -3.42. The molecule has 0 bridgehead atoms. The molecule has 1 heterocycles. The molecule has 0 atom stereocenters. The first-order valence-corrected chi connectivity index (χ1v) is 9.06. The molecule has 0 unspecified atom stereocenters. The first-order chi connectivity index (χ1) is 14.3. The fraction of sp³-hybridized carbons (Fsp3) is 0.273. The average molecular weight is 419 g/mol. The van der Waals surface area contributed by atoms with Gasteiger partial charge >= 0.3 is 12.6 Å². The molecule has 1 aromatic carbocycles. The quantitative estimate of drug-likeness (QED) is 0.248. The molecule has 1 aromatic heterocycles. The molecular weight excluding hydrogens is 396 g/mol. The lowest BCUT2D eigenvalue weighted by molar-refractivity contribution is -0.136. The van der Waals surface area contributed by atoms with E-state index in [1.165, 1.54) is 25.3 Å². The SMILES string of the molecule is C=CCn1c(C)cc(C(=O)COC(=O)/C=C/c2cccc(OC)c2OC(F)F)c1C. The van der Waals surface area contributed by atoms with E-state index in [0.29, 0.717) is 12.1 Å². The maximum absolute atomic E-state index is 12.7. The third-order valence-electron chi connectivity index (χ3n) is 4.37. The van der Waals surface area contributed by atoms with Gasteiger partial charge in [-0.05, 0) is 32.1 Å². The minimum absolute atomic E-state index is 0.0934. The van der Waals surface area contributed by atoms with Gasteiger partial charge in [0.1, 0.15) is 0 Å². The summed E-state index contributed by atoms with van der Waals surface area (Å²) in [6, 6.07) is 6.22. The van der Waals surface area contributed by atoms with Gasteiger partial charge in [-0.3, -0.25) is 4.79 Å². The van der Waals surface area contributed by atoms with Crippen molar-refractivity contribution in [2.45, 2.75) is 27.0 Å². The van der Waals surface area contributed by atoms with Crippen molar-refractivity contribution in [1.29, 1.82) is 0 Å². The van der Waals surface area contributed by atoms with Gasteiger partial charge in [0.15, 0.2) is 18.1 Å². The summed E-state index contributed by atoms with van der Waals surface area (Å²) in [5.74, 6) is -1.25. The molecule has 30 heavy (non-hydrogen) atoms. The van der Waals surface area contributed by atoms with Crippen LogP contribution in [0.25, 0.3) is 6.08 Å². The lowest BCUT2D eigenvalue weighted by Gasteiger charge is -2.12. The molecule has 0 saturated heterocycles. The number of halogens is 2. The highest BCUT2D eigenvalue weighted by Gasteiger charge is 2.17. The van der Waals surface area contributed by atoms with E-state index in [2.05, 4.69) is 11.3 Å². The van der Waals surface area contributed by atoms with Gasteiger partial charge in [0.2, 0.25) is 5.78 Å². The maximum atomic E-state index is 12.7. The molecular formula is C22H23F2NO5. The second-order valence-electron chi connectivity index (χ2n) is 6.31. The van der Waals surface area contributed by atoms with Crippen LogP contribution in [0.15, 0.2) is 43.0 Å². The van der Waals surface area contributed by atoms with Crippen molar-refractivity contribution in [1.82, 2.24) is 4.57 Å². The van der Waals surface area contributed by atoms with Crippen LogP contribution < -0.4 is 9.47 Å². The molecule has 0 radical (unpaired) electrons. The fourth-order valence-electron chi connectivity index (χ4n) is 2.95. The normalized spacial score (nSPS) is 11.0. The Morgan fingerprint density at radius 1 is 1.27 bits per heavy atom. The number of aromatic nitrogens is 1. The second-order valence-corrected chi connectivity index (χ2v) is 6.31. The average Bonchev–Trinajstić information content (AvgIpc) is 2.99. The molecule has 0 spiro atoms. The number of hydrogen-bond donors (Lipinski definition) is 0. The predicted molar refractivity (Wildman–Crippen MR) is 108 cm³/mol. The van der Waals surface area contributed by atoms with Crippen molar-refractivity contribution in [3.63, 3.8) is 0 Å². The van der Waals surface area contributed by atoms with E-state index in [1.54, 1.807) is 25.1 Å². The standard InChI is InChI=1S/C22H23F2NO5/c1-5-11-25-14(2)12-17(15(25)3)18(26)13-29-20(27)10-9-16-7-6-8-19(28-4)21(16)30-22(23)24/h5-10,12,22H,1,11,13H2,2-4H3/b10-9+. The Morgan fingerprint density at radius 3 is 2.63 bits per heavy atom. The summed E-state index contributed by atoms with van der Waals surface area (Å²) in [4.78, 5) is 24.4. The smallest absolute Gasteiger partial charge is 0.387 e. The highest BCUT2D eigenvalue weighted by atomic mass is 19.3. The number of alkyl halides is 2. The molecule has 160 valence electrons. The monoisotopic (exact) mass is 419 g/mol. The number of benzene rings is 1. The second kappa shape index (κ2) is 10.4. The number of nitrogens with zero attached hydrogens (tertiary/aromatic N) is 1. The van der Waals surface area contributed by atoms with Gasteiger partial charge in [0.25, 0.3) is 0 Å². The Morgan fingerprint density at radius 2 is 2.00 bits per heavy atom. The number of allylic oxidation sites excluding steroid dienone is 1.